The summed E-state index contributed by atoms with van der Waals surface area (Å²) in [4.78, 5) is 0. The summed E-state index contributed by atoms with van der Waals surface area (Å²) in [5.74, 6) is 0.697. The topological polar surface area (TPSA) is 38.0 Å². The molecule has 3 nitrogen and oxygen atoms in total. The van der Waals surface area contributed by atoms with Crippen molar-refractivity contribution in [2.24, 2.45) is 0 Å². The highest BCUT2D eigenvalue weighted by Crippen LogP contribution is 2.37. The van der Waals surface area contributed by atoms with Gasteiger partial charge in [0.2, 0.25) is 0 Å². The van der Waals surface area contributed by atoms with Crippen molar-refractivity contribution in [3.05, 3.63) is 53.3 Å². The van der Waals surface area contributed by atoms with E-state index in [1.807, 2.05) is 23.7 Å². The molecule has 1 aromatic heterocycles. The summed E-state index contributed by atoms with van der Waals surface area (Å²) in [7, 11) is 0. The normalized spacial score (nSPS) is 17.2. The number of rotatable bonds is 4. The van der Waals surface area contributed by atoms with Crippen molar-refractivity contribution in [3.8, 4) is 0 Å². The Morgan fingerprint density at radius 2 is 2.21 bits per heavy atom. The number of aryl methyl sites for hydroxylation is 1. The minimum atomic E-state index is -0.581. The first-order chi connectivity index (χ1) is 9.29. The van der Waals surface area contributed by atoms with Crippen LogP contribution in [0.2, 0.25) is 0 Å². The molecular formula is C16H20N2O. The molecule has 1 N–H and O–H groups in total. The van der Waals surface area contributed by atoms with Gasteiger partial charge in [-0.3, -0.25) is 4.68 Å². The molecule has 1 aromatic carbocycles. The quantitative estimate of drug-likeness (QED) is 0.911. The summed E-state index contributed by atoms with van der Waals surface area (Å²) in [6.07, 6.45) is 5.07. The third kappa shape index (κ3) is 2.30. The lowest BCUT2D eigenvalue weighted by Crippen LogP contribution is -2.11. The van der Waals surface area contributed by atoms with E-state index < -0.39 is 6.10 Å². The highest BCUT2D eigenvalue weighted by atomic mass is 16.3. The predicted octanol–water partition coefficient (Wildman–Crippen LogP) is 3.25. The molecule has 3 rings (SSSR count). The van der Waals surface area contributed by atoms with Crippen molar-refractivity contribution in [1.29, 1.82) is 0 Å². The summed E-state index contributed by atoms with van der Waals surface area (Å²) in [5.41, 5.74) is 3.21. The number of hydrogen-bond donors (Lipinski definition) is 1. The van der Waals surface area contributed by atoms with E-state index in [-0.39, 0.29) is 0 Å². The van der Waals surface area contributed by atoms with Crippen molar-refractivity contribution in [1.82, 2.24) is 9.78 Å². The van der Waals surface area contributed by atoms with Crippen molar-refractivity contribution in [3.63, 3.8) is 0 Å². The molecule has 1 aliphatic rings. The van der Waals surface area contributed by atoms with Crippen molar-refractivity contribution in [2.45, 2.75) is 44.8 Å². The van der Waals surface area contributed by atoms with Crippen LogP contribution in [-0.4, -0.2) is 14.9 Å². The number of aliphatic hydroxyl groups excluding tert-OH is 1. The molecule has 0 saturated heterocycles. The molecule has 1 aliphatic carbocycles. The lowest BCUT2D eigenvalue weighted by molar-refractivity contribution is 0.208. The van der Waals surface area contributed by atoms with Crippen LogP contribution >= 0.6 is 0 Å². The van der Waals surface area contributed by atoms with Crippen LogP contribution in [0, 0.1) is 0 Å². The van der Waals surface area contributed by atoms with Gasteiger partial charge in [-0.1, -0.05) is 30.7 Å². The fraction of sp³-hybridized carbons (Fsp3) is 0.438. The Kier molecular flexibility index (Phi) is 3.38. The predicted molar refractivity (Wildman–Crippen MR) is 75.0 cm³/mol. The molecule has 1 atom stereocenters. The van der Waals surface area contributed by atoms with E-state index in [0.29, 0.717) is 5.92 Å². The van der Waals surface area contributed by atoms with Crippen molar-refractivity contribution in [2.75, 3.05) is 0 Å². The maximum Gasteiger partial charge on any atom is 0.121 e. The molecule has 1 heterocycles. The second-order valence-electron chi connectivity index (χ2n) is 5.27. The van der Waals surface area contributed by atoms with Gasteiger partial charge in [0.15, 0.2) is 0 Å². The van der Waals surface area contributed by atoms with Crippen LogP contribution in [0.15, 0.2) is 36.5 Å². The van der Waals surface area contributed by atoms with E-state index in [4.69, 9.17) is 0 Å². The van der Waals surface area contributed by atoms with E-state index in [0.717, 1.165) is 17.8 Å². The van der Waals surface area contributed by atoms with Crippen LogP contribution in [0.5, 0.6) is 0 Å². The average molecular weight is 256 g/mol. The molecule has 1 unspecified atom stereocenters. The minimum absolute atomic E-state index is 0.581. The van der Waals surface area contributed by atoms with Crippen LogP contribution in [0.1, 0.15) is 55.0 Å². The van der Waals surface area contributed by atoms with Gasteiger partial charge in [-0.25, -0.2) is 0 Å². The highest BCUT2D eigenvalue weighted by molar-refractivity contribution is 5.32. The smallest absolute Gasteiger partial charge is 0.121 e. The van der Waals surface area contributed by atoms with E-state index in [1.165, 1.54) is 24.8 Å². The Bertz CT molecular complexity index is 557. The van der Waals surface area contributed by atoms with Gasteiger partial charge in [-0.2, -0.15) is 5.10 Å². The Morgan fingerprint density at radius 3 is 2.89 bits per heavy atom. The SMILES string of the molecule is CCn1nccc1C(O)c1cccc(C2CCC2)c1. The number of benzene rings is 1. The van der Waals surface area contributed by atoms with Crippen molar-refractivity contribution < 1.29 is 5.11 Å². The van der Waals surface area contributed by atoms with E-state index >= 15 is 0 Å². The van der Waals surface area contributed by atoms with E-state index in [1.54, 1.807) is 6.20 Å². The molecule has 0 amide bonds. The number of aromatic nitrogens is 2. The number of hydrogen-bond acceptors (Lipinski definition) is 2. The third-order valence-corrected chi connectivity index (χ3v) is 4.13. The third-order valence-electron chi connectivity index (χ3n) is 4.13. The first-order valence-corrected chi connectivity index (χ1v) is 7.09. The van der Waals surface area contributed by atoms with Crippen LogP contribution in [-0.2, 0) is 6.54 Å². The molecule has 1 fully saturated rings. The van der Waals surface area contributed by atoms with Gasteiger partial charge in [0, 0.05) is 12.7 Å². The van der Waals surface area contributed by atoms with Crippen LogP contribution < -0.4 is 0 Å². The molecule has 0 spiro atoms. The van der Waals surface area contributed by atoms with E-state index in [2.05, 4.69) is 23.3 Å². The molecule has 0 radical (unpaired) electrons. The molecule has 0 bridgehead atoms. The second kappa shape index (κ2) is 5.17. The molecule has 19 heavy (non-hydrogen) atoms. The van der Waals surface area contributed by atoms with Gasteiger partial charge < -0.3 is 5.11 Å². The molecule has 1 saturated carbocycles. The number of aliphatic hydroxyl groups is 1. The Balaban J connectivity index is 1.88. The zero-order valence-electron chi connectivity index (χ0n) is 11.3. The number of nitrogens with zero attached hydrogens (tertiary/aromatic N) is 2. The Hall–Kier alpha value is -1.61. The van der Waals surface area contributed by atoms with E-state index in [9.17, 15) is 5.11 Å². The maximum absolute atomic E-state index is 10.5. The van der Waals surface area contributed by atoms with Gasteiger partial charge in [0.25, 0.3) is 0 Å². The highest BCUT2D eigenvalue weighted by Gasteiger charge is 2.21. The van der Waals surface area contributed by atoms with Gasteiger partial charge in [0.1, 0.15) is 6.10 Å². The Morgan fingerprint density at radius 1 is 1.37 bits per heavy atom. The van der Waals surface area contributed by atoms with Crippen molar-refractivity contribution >= 4 is 0 Å². The fourth-order valence-corrected chi connectivity index (χ4v) is 2.73. The largest absolute Gasteiger partial charge is 0.382 e. The summed E-state index contributed by atoms with van der Waals surface area (Å²) < 4.78 is 1.85. The molecule has 2 aromatic rings. The molecule has 0 aliphatic heterocycles. The van der Waals surface area contributed by atoms with Crippen LogP contribution in [0.25, 0.3) is 0 Å². The molecule has 3 heteroatoms. The first kappa shape index (κ1) is 12.4. The zero-order chi connectivity index (χ0) is 13.2. The fourth-order valence-electron chi connectivity index (χ4n) is 2.73. The van der Waals surface area contributed by atoms with Crippen LogP contribution in [0.3, 0.4) is 0 Å². The average Bonchev–Trinajstić information content (AvgIpc) is 2.84. The van der Waals surface area contributed by atoms with Crippen LogP contribution in [0.4, 0.5) is 0 Å². The molecule has 100 valence electrons. The summed E-state index contributed by atoms with van der Waals surface area (Å²) in [6, 6.07) is 10.3. The minimum Gasteiger partial charge on any atom is -0.382 e. The van der Waals surface area contributed by atoms with Gasteiger partial charge in [-0.05, 0) is 42.9 Å². The van der Waals surface area contributed by atoms with Gasteiger partial charge in [-0.15, -0.1) is 0 Å². The monoisotopic (exact) mass is 256 g/mol. The van der Waals surface area contributed by atoms with Gasteiger partial charge >= 0.3 is 0 Å². The summed E-state index contributed by atoms with van der Waals surface area (Å²) >= 11 is 0. The maximum atomic E-state index is 10.5. The van der Waals surface area contributed by atoms with Gasteiger partial charge in [0.05, 0.1) is 5.69 Å². The zero-order valence-corrected chi connectivity index (χ0v) is 11.3. The Labute approximate surface area is 113 Å². The standard InChI is InChI=1S/C16H20N2O/c1-2-18-15(9-10-17-18)16(19)14-8-4-7-13(11-14)12-5-3-6-12/h4,7-12,16,19H,2-3,5-6H2,1H3. The summed E-state index contributed by atoms with van der Waals surface area (Å²) in [5, 5.41) is 14.8. The first-order valence-electron chi connectivity index (χ1n) is 7.09. The molecular weight excluding hydrogens is 236 g/mol. The summed E-state index contributed by atoms with van der Waals surface area (Å²) in [6.45, 7) is 2.82. The lowest BCUT2D eigenvalue weighted by atomic mass is 9.79. The lowest BCUT2D eigenvalue weighted by Gasteiger charge is -2.26. The second-order valence-corrected chi connectivity index (χ2v) is 5.27.